The van der Waals surface area contributed by atoms with Crippen molar-refractivity contribution in [3.63, 3.8) is 0 Å². The van der Waals surface area contributed by atoms with Gasteiger partial charge in [-0.2, -0.15) is 0 Å². The van der Waals surface area contributed by atoms with E-state index in [4.69, 9.17) is 4.74 Å². The van der Waals surface area contributed by atoms with Crippen LogP contribution in [0.4, 0.5) is 4.79 Å². The summed E-state index contributed by atoms with van der Waals surface area (Å²) >= 11 is 0. The van der Waals surface area contributed by atoms with Gasteiger partial charge in [0.1, 0.15) is 5.60 Å². The number of nitrogens with one attached hydrogen (secondary N) is 3. The Hall–Kier alpha value is -2.77. The van der Waals surface area contributed by atoms with Gasteiger partial charge in [-0.05, 0) is 32.8 Å². The minimum atomic E-state index is -0.549. The number of carbonyl (C=O) groups excluding carboxylic acids is 2. The summed E-state index contributed by atoms with van der Waals surface area (Å²) in [6.07, 6.45) is 2.43. The zero-order chi connectivity index (χ0) is 23.3. The predicted octanol–water partition coefficient (Wildman–Crippen LogP) is 2.89. The standard InChI is InChI=1S/C23H39N5O3/c1-7-8-14-19(16-26-22(30)31-23(2,3)4)27-21(25-17-20(29)28(5)6)24-15-18-12-10-9-11-13-18/h9-13,19H,7-8,14-17H2,1-6H3,(H,26,30)(H2,24,25,27). The molecule has 1 rings (SSSR count). The van der Waals surface area contributed by atoms with E-state index in [0.29, 0.717) is 19.0 Å². The summed E-state index contributed by atoms with van der Waals surface area (Å²) < 4.78 is 5.33. The molecule has 174 valence electrons. The average Bonchev–Trinajstić information content (AvgIpc) is 2.70. The average molecular weight is 434 g/mol. The van der Waals surface area contributed by atoms with Crippen LogP contribution in [0.15, 0.2) is 35.3 Å². The molecule has 31 heavy (non-hydrogen) atoms. The maximum Gasteiger partial charge on any atom is 0.407 e. The largest absolute Gasteiger partial charge is 0.444 e. The number of alkyl carbamates (subject to hydrolysis) is 1. The predicted molar refractivity (Wildman–Crippen MR) is 125 cm³/mol. The molecule has 3 N–H and O–H groups in total. The Kier molecular flexibility index (Phi) is 11.5. The molecular weight excluding hydrogens is 394 g/mol. The number of carbonyl (C=O) groups is 2. The molecular formula is C23H39N5O3. The molecule has 0 fully saturated rings. The number of hydrogen-bond acceptors (Lipinski definition) is 4. The quantitative estimate of drug-likeness (QED) is 0.390. The molecule has 0 saturated heterocycles. The van der Waals surface area contributed by atoms with Crippen molar-refractivity contribution in [3.8, 4) is 0 Å². The van der Waals surface area contributed by atoms with Crippen LogP contribution in [0.2, 0.25) is 0 Å². The van der Waals surface area contributed by atoms with Crippen molar-refractivity contribution in [2.24, 2.45) is 4.99 Å². The van der Waals surface area contributed by atoms with Gasteiger partial charge in [-0.1, -0.05) is 50.1 Å². The molecule has 1 aromatic rings. The monoisotopic (exact) mass is 433 g/mol. The Bertz CT molecular complexity index is 699. The maximum absolute atomic E-state index is 12.1. The van der Waals surface area contributed by atoms with E-state index in [1.807, 2.05) is 51.1 Å². The van der Waals surface area contributed by atoms with Gasteiger partial charge in [-0.3, -0.25) is 4.79 Å². The molecule has 1 unspecified atom stereocenters. The molecule has 8 heteroatoms. The zero-order valence-corrected chi connectivity index (χ0v) is 19.8. The van der Waals surface area contributed by atoms with Crippen LogP contribution in [0, 0.1) is 0 Å². The Morgan fingerprint density at radius 3 is 2.39 bits per heavy atom. The first-order valence-electron chi connectivity index (χ1n) is 10.9. The van der Waals surface area contributed by atoms with Crippen molar-refractivity contribution < 1.29 is 14.3 Å². The molecule has 0 aromatic heterocycles. The molecule has 0 bridgehead atoms. The second-order valence-electron chi connectivity index (χ2n) is 8.66. The fraction of sp³-hybridized carbons (Fsp3) is 0.609. The van der Waals surface area contributed by atoms with E-state index >= 15 is 0 Å². The number of unbranched alkanes of at least 4 members (excludes halogenated alkanes) is 1. The minimum absolute atomic E-state index is 0.0498. The first kappa shape index (κ1) is 26.3. The van der Waals surface area contributed by atoms with E-state index < -0.39 is 11.7 Å². The van der Waals surface area contributed by atoms with Gasteiger partial charge >= 0.3 is 6.09 Å². The SMILES string of the molecule is CCCCC(CNC(=O)OC(C)(C)C)NC(=NCc1ccccc1)NCC(=O)N(C)C. The highest BCUT2D eigenvalue weighted by Gasteiger charge is 2.18. The molecule has 1 aromatic carbocycles. The molecule has 0 saturated carbocycles. The second kappa shape index (κ2) is 13.5. The lowest BCUT2D eigenvalue weighted by Gasteiger charge is -2.24. The lowest BCUT2D eigenvalue weighted by Crippen LogP contribution is -2.50. The molecule has 0 spiro atoms. The summed E-state index contributed by atoms with van der Waals surface area (Å²) in [5.74, 6) is 0.484. The van der Waals surface area contributed by atoms with Crippen molar-refractivity contribution in [1.29, 1.82) is 0 Å². The third-order valence-corrected chi connectivity index (χ3v) is 4.31. The van der Waals surface area contributed by atoms with Gasteiger partial charge in [0.25, 0.3) is 0 Å². The summed E-state index contributed by atoms with van der Waals surface area (Å²) in [5, 5.41) is 9.31. The van der Waals surface area contributed by atoms with E-state index in [1.165, 1.54) is 4.90 Å². The molecule has 0 aliphatic rings. The van der Waals surface area contributed by atoms with Crippen LogP contribution in [0.3, 0.4) is 0 Å². The molecule has 0 radical (unpaired) electrons. The van der Waals surface area contributed by atoms with Crippen LogP contribution in [-0.4, -0.2) is 61.7 Å². The smallest absolute Gasteiger partial charge is 0.407 e. The Morgan fingerprint density at radius 1 is 1.13 bits per heavy atom. The molecule has 1 atom stereocenters. The van der Waals surface area contributed by atoms with Crippen LogP contribution in [-0.2, 0) is 16.1 Å². The number of amides is 2. The van der Waals surface area contributed by atoms with E-state index in [0.717, 1.165) is 24.8 Å². The fourth-order valence-corrected chi connectivity index (χ4v) is 2.61. The van der Waals surface area contributed by atoms with Gasteiger partial charge in [0.2, 0.25) is 5.91 Å². The molecule has 2 amide bonds. The number of likely N-dealkylation sites (N-methyl/N-ethyl adjacent to an activating group) is 1. The van der Waals surface area contributed by atoms with Crippen molar-refractivity contribution in [3.05, 3.63) is 35.9 Å². The normalized spacial score (nSPS) is 12.6. The van der Waals surface area contributed by atoms with Gasteiger partial charge in [0.15, 0.2) is 5.96 Å². The number of guanidine groups is 1. The highest BCUT2D eigenvalue weighted by Crippen LogP contribution is 2.07. The molecule has 8 nitrogen and oxygen atoms in total. The van der Waals surface area contributed by atoms with Crippen molar-refractivity contribution in [2.45, 2.75) is 65.1 Å². The number of aliphatic imine (C=N–C) groups is 1. The summed E-state index contributed by atoms with van der Waals surface area (Å²) in [5.41, 5.74) is 0.520. The fourth-order valence-electron chi connectivity index (χ4n) is 2.61. The van der Waals surface area contributed by atoms with E-state index in [2.05, 4.69) is 27.9 Å². The van der Waals surface area contributed by atoms with E-state index in [9.17, 15) is 9.59 Å². The van der Waals surface area contributed by atoms with Crippen LogP contribution in [0.1, 0.15) is 52.5 Å². The molecule has 0 aliphatic heterocycles. The lowest BCUT2D eigenvalue weighted by atomic mass is 10.1. The molecule has 0 aliphatic carbocycles. The van der Waals surface area contributed by atoms with Crippen molar-refractivity contribution in [2.75, 3.05) is 27.2 Å². The third-order valence-electron chi connectivity index (χ3n) is 4.31. The third kappa shape index (κ3) is 12.5. The summed E-state index contributed by atoms with van der Waals surface area (Å²) in [6, 6.07) is 9.86. The number of nitrogens with zero attached hydrogens (tertiary/aromatic N) is 2. The first-order valence-corrected chi connectivity index (χ1v) is 10.9. The topological polar surface area (TPSA) is 95.1 Å². The Morgan fingerprint density at radius 2 is 1.81 bits per heavy atom. The van der Waals surface area contributed by atoms with Gasteiger partial charge in [0, 0.05) is 26.7 Å². The molecule has 0 heterocycles. The first-order chi connectivity index (χ1) is 14.6. The lowest BCUT2D eigenvalue weighted by molar-refractivity contribution is -0.127. The van der Waals surface area contributed by atoms with Gasteiger partial charge in [-0.15, -0.1) is 0 Å². The Balaban J connectivity index is 2.83. The Labute approximate surface area is 186 Å². The van der Waals surface area contributed by atoms with Crippen LogP contribution in [0.5, 0.6) is 0 Å². The van der Waals surface area contributed by atoms with Crippen LogP contribution >= 0.6 is 0 Å². The van der Waals surface area contributed by atoms with Gasteiger partial charge in [-0.25, -0.2) is 9.79 Å². The number of rotatable bonds is 10. The maximum atomic E-state index is 12.1. The second-order valence-corrected chi connectivity index (χ2v) is 8.66. The van der Waals surface area contributed by atoms with Crippen molar-refractivity contribution in [1.82, 2.24) is 20.9 Å². The van der Waals surface area contributed by atoms with E-state index in [1.54, 1.807) is 14.1 Å². The number of hydrogen-bond donors (Lipinski definition) is 3. The van der Waals surface area contributed by atoms with Gasteiger partial charge < -0.3 is 25.6 Å². The number of ether oxygens (including phenoxy) is 1. The minimum Gasteiger partial charge on any atom is -0.444 e. The zero-order valence-electron chi connectivity index (χ0n) is 19.8. The summed E-state index contributed by atoms with van der Waals surface area (Å²) in [6.45, 7) is 8.62. The number of benzene rings is 1. The van der Waals surface area contributed by atoms with E-state index in [-0.39, 0.29) is 18.5 Å². The van der Waals surface area contributed by atoms with Crippen LogP contribution in [0.25, 0.3) is 0 Å². The van der Waals surface area contributed by atoms with Crippen molar-refractivity contribution >= 4 is 18.0 Å². The highest BCUT2D eigenvalue weighted by atomic mass is 16.6. The summed E-state index contributed by atoms with van der Waals surface area (Å²) in [7, 11) is 3.43. The van der Waals surface area contributed by atoms with Gasteiger partial charge in [0.05, 0.1) is 13.1 Å². The summed E-state index contributed by atoms with van der Waals surface area (Å²) in [4.78, 5) is 30.3. The highest BCUT2D eigenvalue weighted by molar-refractivity contribution is 5.86. The van der Waals surface area contributed by atoms with Crippen LogP contribution < -0.4 is 16.0 Å².